The Bertz CT molecular complexity index is 604. The Morgan fingerprint density at radius 3 is 2.20 bits per heavy atom. The molecular formula is C10H8AuF3NO2S3-2. The van der Waals surface area contributed by atoms with Gasteiger partial charge in [-0.3, -0.25) is 0 Å². The molecule has 117 valence electrons. The van der Waals surface area contributed by atoms with Crippen molar-refractivity contribution in [2.45, 2.75) is 28.2 Å². The molecule has 0 atom stereocenters. The van der Waals surface area contributed by atoms with Crippen molar-refractivity contribution in [2.75, 3.05) is 0 Å². The number of rotatable bonds is 2. The van der Waals surface area contributed by atoms with E-state index in [2.05, 4.69) is 0 Å². The summed E-state index contributed by atoms with van der Waals surface area (Å²) in [6.07, 6.45) is 0. The van der Waals surface area contributed by atoms with E-state index in [0.717, 1.165) is 17.7 Å². The van der Waals surface area contributed by atoms with Gasteiger partial charge in [-0.2, -0.15) is 13.2 Å². The normalized spacial score (nSPS) is 16.1. The second kappa shape index (κ2) is 6.23. The topological polar surface area (TPSA) is 37.4 Å². The predicted molar refractivity (Wildman–Crippen MR) is 67.4 cm³/mol. The summed E-state index contributed by atoms with van der Waals surface area (Å²) in [7, 11) is -5.31. The van der Waals surface area contributed by atoms with E-state index in [1.807, 2.05) is 0 Å². The summed E-state index contributed by atoms with van der Waals surface area (Å²) in [4.78, 5) is 0.949. The van der Waals surface area contributed by atoms with Crippen LogP contribution in [-0.2, 0) is 70.6 Å². The molecule has 3 nitrogen and oxygen atoms in total. The van der Waals surface area contributed by atoms with Gasteiger partial charge in [-0.15, -0.1) is 0 Å². The molecule has 0 fully saturated rings. The number of halogens is 3. The van der Waals surface area contributed by atoms with Gasteiger partial charge in [0.05, 0.1) is 4.90 Å². The monoisotopic (exact) mass is 524 g/mol. The standard InChI is InChI=1S/C10H10F3NO2S3.Au/c11-10(12,13)19(15,16)8-2-1-6-4-14(9(17)18)5-7(6)3-8;/h1-3,9,17-18H,4-5H2;/p-2. The summed E-state index contributed by atoms with van der Waals surface area (Å²) in [5, 5.41) is 0. The quantitative estimate of drug-likeness (QED) is 0.435. The first-order valence-corrected chi connectivity index (χ1v) is 7.54. The molecule has 0 spiro atoms. The number of nitrogens with zero attached hydrogens (tertiary/aromatic N) is 1. The summed E-state index contributed by atoms with van der Waals surface area (Å²) < 4.78 is 59.3. The van der Waals surface area contributed by atoms with Crippen molar-refractivity contribution in [3.8, 4) is 0 Å². The minimum Gasteiger partial charge on any atom is -0.800 e. The van der Waals surface area contributed by atoms with Crippen LogP contribution in [-0.4, -0.2) is 23.5 Å². The third-order valence-electron chi connectivity index (χ3n) is 2.84. The zero-order valence-electron chi connectivity index (χ0n) is 9.65. The van der Waals surface area contributed by atoms with Gasteiger partial charge in [0.2, 0.25) is 0 Å². The largest absolute Gasteiger partial charge is 0.800 e. The Morgan fingerprint density at radius 1 is 1.15 bits per heavy atom. The first kappa shape index (κ1) is 18.4. The number of hydrogen-bond donors (Lipinski definition) is 0. The van der Waals surface area contributed by atoms with Crippen molar-refractivity contribution in [1.29, 1.82) is 0 Å². The van der Waals surface area contributed by atoms with E-state index in [-0.39, 0.29) is 28.9 Å². The van der Waals surface area contributed by atoms with E-state index in [1.54, 1.807) is 4.90 Å². The van der Waals surface area contributed by atoms with Crippen molar-refractivity contribution in [2.24, 2.45) is 0 Å². The molecule has 10 heteroatoms. The van der Waals surface area contributed by atoms with E-state index >= 15 is 0 Å². The van der Waals surface area contributed by atoms with Crippen LogP contribution in [0.2, 0.25) is 0 Å². The van der Waals surface area contributed by atoms with Crippen LogP contribution in [0.25, 0.3) is 0 Å². The molecule has 0 bridgehead atoms. The Morgan fingerprint density at radius 2 is 1.70 bits per heavy atom. The maximum absolute atomic E-state index is 12.4. The van der Waals surface area contributed by atoms with Gasteiger partial charge in [-0.25, -0.2) is 13.1 Å². The van der Waals surface area contributed by atoms with Gasteiger partial charge in [-0.05, 0) is 23.3 Å². The molecule has 1 aromatic rings. The van der Waals surface area contributed by atoms with Gasteiger partial charge >= 0.3 is 5.51 Å². The summed E-state index contributed by atoms with van der Waals surface area (Å²) >= 11 is 9.79. The SMILES string of the molecule is O=S(=O)(c1ccc2c(c1)CN(C([S-])[S-])C2)C(F)(F)F.[Au]. The van der Waals surface area contributed by atoms with Gasteiger partial charge in [0, 0.05) is 35.5 Å². The van der Waals surface area contributed by atoms with E-state index in [9.17, 15) is 21.6 Å². The second-order valence-electron chi connectivity index (χ2n) is 4.09. The molecule has 1 aliphatic heterocycles. The number of hydrogen-bond acceptors (Lipinski definition) is 5. The molecule has 1 radical (unpaired) electrons. The van der Waals surface area contributed by atoms with E-state index in [0.29, 0.717) is 12.1 Å². The van der Waals surface area contributed by atoms with Crippen LogP contribution in [0.1, 0.15) is 11.1 Å². The fourth-order valence-electron chi connectivity index (χ4n) is 1.85. The number of benzene rings is 1. The maximum Gasteiger partial charge on any atom is 0.501 e. The maximum atomic E-state index is 12.4. The zero-order valence-corrected chi connectivity index (χ0v) is 14.3. The van der Waals surface area contributed by atoms with Crippen molar-refractivity contribution >= 4 is 35.1 Å². The first-order valence-electron chi connectivity index (χ1n) is 5.12. The zero-order chi connectivity index (χ0) is 14.4. The second-order valence-corrected chi connectivity index (χ2v) is 7.22. The molecule has 0 amide bonds. The van der Waals surface area contributed by atoms with E-state index < -0.39 is 24.9 Å². The smallest absolute Gasteiger partial charge is 0.501 e. The summed E-state index contributed by atoms with van der Waals surface area (Å²) in [6.45, 7) is 0.702. The van der Waals surface area contributed by atoms with Crippen LogP contribution in [0, 0.1) is 0 Å². The van der Waals surface area contributed by atoms with Crippen LogP contribution in [0.3, 0.4) is 0 Å². The van der Waals surface area contributed by atoms with Crippen LogP contribution >= 0.6 is 0 Å². The Labute approximate surface area is 141 Å². The van der Waals surface area contributed by atoms with Crippen molar-refractivity contribution in [1.82, 2.24) is 4.90 Å². The number of fused-ring (bicyclic) bond motifs is 1. The Hall–Kier alpha value is 0.360. The van der Waals surface area contributed by atoms with Crippen LogP contribution in [0.4, 0.5) is 13.2 Å². The molecule has 1 aliphatic rings. The first-order chi connectivity index (χ1) is 8.63. The summed E-state index contributed by atoms with van der Waals surface area (Å²) in [5.41, 5.74) is -4.02. The fourth-order valence-corrected chi connectivity index (χ4v) is 2.96. The molecule has 1 aromatic carbocycles. The summed E-state index contributed by atoms with van der Waals surface area (Å²) in [6, 6.07) is 3.39. The Balaban J connectivity index is 0.00000200. The molecule has 2 rings (SSSR count). The number of alkyl halides is 3. The van der Waals surface area contributed by atoms with E-state index in [4.69, 9.17) is 25.3 Å². The van der Waals surface area contributed by atoms with E-state index in [1.165, 1.54) is 6.07 Å². The van der Waals surface area contributed by atoms with Crippen molar-refractivity contribution in [3.63, 3.8) is 0 Å². The van der Waals surface area contributed by atoms with Gasteiger partial charge in [0.25, 0.3) is 9.84 Å². The number of sulfone groups is 1. The molecule has 0 N–H and O–H groups in total. The summed E-state index contributed by atoms with van der Waals surface area (Å²) in [5.74, 6) is 0. The molecule has 0 saturated carbocycles. The molecule has 0 aromatic heterocycles. The third kappa shape index (κ3) is 3.40. The Kier molecular flexibility index (Phi) is 5.74. The van der Waals surface area contributed by atoms with Crippen molar-refractivity contribution < 1.29 is 44.0 Å². The minimum atomic E-state index is -5.31. The fraction of sp³-hybridized carbons (Fsp3) is 0.400. The molecule has 20 heavy (non-hydrogen) atoms. The van der Waals surface area contributed by atoms with Crippen LogP contribution < -0.4 is 0 Å². The van der Waals surface area contributed by atoms with Crippen LogP contribution in [0.15, 0.2) is 23.1 Å². The third-order valence-corrected chi connectivity index (χ3v) is 4.92. The van der Waals surface area contributed by atoms with Gasteiger partial charge in [-0.1, -0.05) is 6.07 Å². The molecule has 0 unspecified atom stereocenters. The van der Waals surface area contributed by atoms with Gasteiger partial charge in [0.15, 0.2) is 0 Å². The van der Waals surface area contributed by atoms with Crippen LogP contribution in [0.5, 0.6) is 0 Å². The van der Waals surface area contributed by atoms with Gasteiger partial charge in [0.1, 0.15) is 0 Å². The minimum absolute atomic E-state index is 0. The molecular weight excluding hydrogens is 516 g/mol. The average molecular weight is 524 g/mol. The predicted octanol–water partition coefficient (Wildman–Crippen LogP) is 1.67. The van der Waals surface area contributed by atoms with Crippen molar-refractivity contribution in [3.05, 3.63) is 29.3 Å². The van der Waals surface area contributed by atoms with Gasteiger partial charge < -0.3 is 30.2 Å². The molecule has 0 aliphatic carbocycles. The molecule has 1 heterocycles. The molecule has 0 saturated heterocycles. The average Bonchev–Trinajstić information content (AvgIpc) is 2.69.